The van der Waals surface area contributed by atoms with Crippen LogP contribution in [0.4, 0.5) is 19.0 Å². The van der Waals surface area contributed by atoms with Crippen LogP contribution in [-0.4, -0.2) is 37.6 Å². The second-order valence-electron chi connectivity index (χ2n) is 3.82. The van der Waals surface area contributed by atoms with Crippen molar-refractivity contribution >= 4 is 12.1 Å². The van der Waals surface area contributed by atoms with E-state index in [1.165, 1.54) is 0 Å². The Kier molecular flexibility index (Phi) is 3.51. The van der Waals surface area contributed by atoms with Crippen molar-refractivity contribution < 1.29 is 22.7 Å². The van der Waals surface area contributed by atoms with Gasteiger partial charge in [-0.3, -0.25) is 4.79 Å². The summed E-state index contributed by atoms with van der Waals surface area (Å²) < 4.78 is 42.8. The number of halogens is 3. The second-order valence-corrected chi connectivity index (χ2v) is 3.82. The Bertz CT molecular complexity index is 442. The fourth-order valence-corrected chi connectivity index (χ4v) is 1.74. The summed E-state index contributed by atoms with van der Waals surface area (Å²) in [6.07, 6.45) is -4.00. The van der Waals surface area contributed by atoms with Gasteiger partial charge in [-0.25, -0.2) is 4.98 Å². The number of pyridine rings is 1. The van der Waals surface area contributed by atoms with Gasteiger partial charge in [-0.2, -0.15) is 13.2 Å². The van der Waals surface area contributed by atoms with Crippen LogP contribution in [0.3, 0.4) is 0 Å². The highest BCUT2D eigenvalue weighted by Crippen LogP contribution is 2.30. The summed E-state index contributed by atoms with van der Waals surface area (Å²) in [7, 11) is 0. The number of morpholine rings is 1. The van der Waals surface area contributed by atoms with Gasteiger partial charge in [0.05, 0.1) is 18.8 Å². The van der Waals surface area contributed by atoms with Gasteiger partial charge >= 0.3 is 6.18 Å². The van der Waals surface area contributed by atoms with Crippen LogP contribution in [0.25, 0.3) is 0 Å². The van der Waals surface area contributed by atoms with Gasteiger partial charge in [0, 0.05) is 13.1 Å². The first-order valence-corrected chi connectivity index (χ1v) is 5.38. The molecule has 1 aliphatic heterocycles. The minimum atomic E-state index is -4.51. The molecule has 0 aromatic carbocycles. The van der Waals surface area contributed by atoms with E-state index in [1.807, 2.05) is 0 Å². The van der Waals surface area contributed by atoms with Crippen LogP contribution in [0.2, 0.25) is 0 Å². The predicted octanol–water partition coefficient (Wildman–Crippen LogP) is 1.75. The van der Waals surface area contributed by atoms with Crippen LogP contribution in [-0.2, 0) is 10.9 Å². The molecular weight excluding hydrogens is 249 g/mol. The normalized spacial score (nSPS) is 16.7. The molecule has 0 N–H and O–H groups in total. The van der Waals surface area contributed by atoms with E-state index < -0.39 is 11.9 Å². The lowest BCUT2D eigenvalue weighted by molar-refractivity contribution is -0.141. The molecule has 1 saturated heterocycles. The lowest BCUT2D eigenvalue weighted by Crippen LogP contribution is -2.37. The van der Waals surface area contributed by atoms with E-state index in [1.54, 1.807) is 4.90 Å². The fourth-order valence-electron chi connectivity index (χ4n) is 1.74. The third-order valence-corrected chi connectivity index (χ3v) is 2.63. The molecular formula is C11H11F3N2O2. The van der Waals surface area contributed by atoms with Crippen LogP contribution in [0.5, 0.6) is 0 Å². The Morgan fingerprint density at radius 3 is 2.50 bits per heavy atom. The average Bonchev–Trinajstić information content (AvgIpc) is 2.38. The van der Waals surface area contributed by atoms with Crippen molar-refractivity contribution in [1.82, 2.24) is 4.98 Å². The van der Waals surface area contributed by atoms with Gasteiger partial charge < -0.3 is 9.64 Å². The highest BCUT2D eigenvalue weighted by Gasteiger charge is 2.33. The van der Waals surface area contributed by atoms with Gasteiger partial charge in [-0.15, -0.1) is 0 Å². The average molecular weight is 260 g/mol. The molecule has 2 rings (SSSR count). The number of aromatic nitrogens is 1. The van der Waals surface area contributed by atoms with E-state index >= 15 is 0 Å². The molecule has 18 heavy (non-hydrogen) atoms. The predicted molar refractivity (Wildman–Crippen MR) is 57.7 cm³/mol. The molecule has 1 aromatic heterocycles. The number of hydrogen-bond donors (Lipinski definition) is 0. The summed E-state index contributed by atoms with van der Waals surface area (Å²) in [4.78, 5) is 16.0. The maximum Gasteiger partial charge on any atom is 0.433 e. The van der Waals surface area contributed by atoms with Gasteiger partial charge in [0.2, 0.25) is 0 Å². The molecule has 0 amide bonds. The second kappa shape index (κ2) is 4.93. The molecule has 4 nitrogen and oxygen atoms in total. The first-order chi connectivity index (χ1) is 8.52. The minimum absolute atomic E-state index is 0.0723. The maximum atomic E-state index is 12.6. The van der Waals surface area contributed by atoms with Crippen molar-refractivity contribution in [2.75, 3.05) is 31.2 Å². The lowest BCUT2D eigenvalue weighted by atomic mass is 10.2. The minimum Gasteiger partial charge on any atom is -0.378 e. The number of nitrogens with zero attached hydrogens (tertiary/aromatic N) is 2. The van der Waals surface area contributed by atoms with Crippen molar-refractivity contribution in [1.29, 1.82) is 0 Å². The molecule has 0 aliphatic carbocycles. The van der Waals surface area contributed by atoms with Crippen molar-refractivity contribution in [3.05, 3.63) is 23.4 Å². The van der Waals surface area contributed by atoms with E-state index in [4.69, 9.17) is 4.74 Å². The Labute approximate surface area is 101 Å². The molecule has 0 unspecified atom stereocenters. The van der Waals surface area contributed by atoms with Crippen LogP contribution in [0.1, 0.15) is 16.1 Å². The quantitative estimate of drug-likeness (QED) is 0.760. The third kappa shape index (κ3) is 2.61. The van der Waals surface area contributed by atoms with Crippen LogP contribution in [0.15, 0.2) is 12.1 Å². The molecule has 7 heteroatoms. The molecule has 1 aromatic rings. The molecule has 0 atom stereocenters. The maximum absolute atomic E-state index is 12.6. The molecule has 1 fully saturated rings. The van der Waals surface area contributed by atoms with Gasteiger partial charge in [-0.05, 0) is 12.1 Å². The zero-order valence-corrected chi connectivity index (χ0v) is 9.41. The van der Waals surface area contributed by atoms with E-state index in [0.29, 0.717) is 32.6 Å². The number of carbonyl (C=O) groups excluding carboxylic acids is 1. The SMILES string of the molecule is O=Cc1ccc(C(F)(F)F)nc1N1CCOCC1. The largest absolute Gasteiger partial charge is 0.433 e. The summed E-state index contributed by atoms with van der Waals surface area (Å²) in [6, 6.07) is 1.96. The number of anilines is 1. The summed E-state index contributed by atoms with van der Waals surface area (Å²) in [6.45, 7) is 1.68. The molecule has 0 saturated carbocycles. The van der Waals surface area contributed by atoms with Gasteiger partial charge in [0.15, 0.2) is 6.29 Å². The number of ether oxygens (including phenoxy) is 1. The van der Waals surface area contributed by atoms with Crippen molar-refractivity contribution in [2.24, 2.45) is 0 Å². The standard InChI is InChI=1S/C11H11F3N2O2/c12-11(13,14)9-2-1-8(7-17)10(15-9)16-3-5-18-6-4-16/h1-2,7H,3-6H2. The van der Waals surface area contributed by atoms with Crippen LogP contribution in [0, 0.1) is 0 Å². The molecule has 0 spiro atoms. The summed E-state index contributed by atoms with van der Waals surface area (Å²) >= 11 is 0. The summed E-state index contributed by atoms with van der Waals surface area (Å²) in [5.74, 6) is 0.0723. The monoisotopic (exact) mass is 260 g/mol. The third-order valence-electron chi connectivity index (χ3n) is 2.63. The number of rotatable bonds is 2. The van der Waals surface area contributed by atoms with Gasteiger partial charge in [-0.1, -0.05) is 0 Å². The Morgan fingerprint density at radius 1 is 1.28 bits per heavy atom. The van der Waals surface area contributed by atoms with Crippen LogP contribution >= 0.6 is 0 Å². The van der Waals surface area contributed by atoms with E-state index in [9.17, 15) is 18.0 Å². The molecule has 98 valence electrons. The summed E-state index contributed by atoms with van der Waals surface area (Å²) in [5, 5.41) is 0. The Balaban J connectivity index is 2.38. The van der Waals surface area contributed by atoms with Crippen molar-refractivity contribution in [3.8, 4) is 0 Å². The zero-order valence-electron chi connectivity index (χ0n) is 9.41. The van der Waals surface area contributed by atoms with E-state index in [-0.39, 0.29) is 11.4 Å². The highest BCUT2D eigenvalue weighted by atomic mass is 19.4. The molecule has 0 bridgehead atoms. The van der Waals surface area contributed by atoms with Crippen LogP contribution < -0.4 is 4.90 Å². The molecule has 1 aliphatic rings. The van der Waals surface area contributed by atoms with E-state index in [0.717, 1.165) is 12.1 Å². The first kappa shape index (κ1) is 12.8. The smallest absolute Gasteiger partial charge is 0.378 e. The van der Waals surface area contributed by atoms with Gasteiger partial charge in [0.25, 0.3) is 0 Å². The lowest BCUT2D eigenvalue weighted by Gasteiger charge is -2.29. The zero-order chi connectivity index (χ0) is 13.2. The number of aldehydes is 1. The highest BCUT2D eigenvalue weighted by molar-refractivity contribution is 5.83. The first-order valence-electron chi connectivity index (χ1n) is 5.38. The number of hydrogen-bond acceptors (Lipinski definition) is 4. The van der Waals surface area contributed by atoms with Gasteiger partial charge in [0.1, 0.15) is 11.5 Å². The topological polar surface area (TPSA) is 42.4 Å². The molecule has 2 heterocycles. The molecule has 0 radical (unpaired) electrons. The van der Waals surface area contributed by atoms with E-state index in [2.05, 4.69) is 4.98 Å². The van der Waals surface area contributed by atoms with Crippen molar-refractivity contribution in [2.45, 2.75) is 6.18 Å². The Hall–Kier alpha value is -1.63. The Morgan fingerprint density at radius 2 is 1.94 bits per heavy atom. The summed E-state index contributed by atoms with van der Waals surface area (Å²) in [5.41, 5.74) is -0.834. The number of carbonyl (C=O) groups is 1. The fraction of sp³-hybridized carbons (Fsp3) is 0.455. The number of alkyl halides is 3. The van der Waals surface area contributed by atoms with Crippen molar-refractivity contribution in [3.63, 3.8) is 0 Å².